The molecule has 0 saturated heterocycles. The molecule has 0 spiro atoms. The molecule has 2 aromatic rings. The summed E-state index contributed by atoms with van der Waals surface area (Å²) in [5.74, 6) is 0.477. The Bertz CT molecular complexity index is 626. The number of nitrogens with zero attached hydrogens (tertiary/aromatic N) is 2. The van der Waals surface area contributed by atoms with E-state index in [9.17, 15) is 10.2 Å². The quantitative estimate of drug-likeness (QED) is 0.780. The van der Waals surface area contributed by atoms with Crippen molar-refractivity contribution in [3.63, 3.8) is 0 Å². The van der Waals surface area contributed by atoms with Gasteiger partial charge in [0.05, 0.1) is 11.4 Å². The molecule has 0 saturated carbocycles. The highest BCUT2D eigenvalue weighted by Crippen LogP contribution is 2.30. The van der Waals surface area contributed by atoms with Crippen LogP contribution in [0.5, 0.6) is 11.5 Å². The molecule has 0 fully saturated rings. The number of phenols is 2. The number of aryl methyl sites for hydroxylation is 3. The third-order valence-corrected chi connectivity index (χ3v) is 2.92. The minimum atomic E-state index is 0.231. The van der Waals surface area contributed by atoms with Gasteiger partial charge >= 0.3 is 0 Å². The zero-order valence-corrected chi connectivity index (χ0v) is 11.2. The first kappa shape index (κ1) is 13.1. The molecular weight excluding hydrogens is 240 g/mol. The van der Waals surface area contributed by atoms with Gasteiger partial charge in [0.15, 0.2) is 0 Å². The SMILES string of the molecule is Cc1cc(/N=N/c2c(C)cc(O)cc2C)ccc1O. The lowest BCUT2D eigenvalue weighted by Crippen LogP contribution is -1.80. The first-order valence-electron chi connectivity index (χ1n) is 5.99. The molecule has 2 N–H and O–H groups in total. The lowest BCUT2D eigenvalue weighted by Gasteiger charge is -2.04. The predicted molar refractivity (Wildman–Crippen MR) is 74.6 cm³/mol. The topological polar surface area (TPSA) is 65.2 Å². The maximum Gasteiger partial charge on any atom is 0.118 e. The van der Waals surface area contributed by atoms with Crippen molar-refractivity contribution in [1.29, 1.82) is 0 Å². The Labute approximate surface area is 112 Å². The fourth-order valence-corrected chi connectivity index (χ4v) is 1.90. The van der Waals surface area contributed by atoms with Crippen LogP contribution in [0.2, 0.25) is 0 Å². The number of azo groups is 1. The molecule has 4 nitrogen and oxygen atoms in total. The summed E-state index contributed by atoms with van der Waals surface area (Å²) in [6, 6.07) is 8.38. The Kier molecular flexibility index (Phi) is 3.51. The molecule has 19 heavy (non-hydrogen) atoms. The molecule has 0 aliphatic heterocycles. The zero-order chi connectivity index (χ0) is 14.0. The van der Waals surface area contributed by atoms with Gasteiger partial charge in [0.1, 0.15) is 11.5 Å². The van der Waals surface area contributed by atoms with Gasteiger partial charge in [-0.1, -0.05) is 0 Å². The van der Waals surface area contributed by atoms with Crippen LogP contribution in [0.1, 0.15) is 16.7 Å². The molecule has 2 rings (SSSR count). The van der Waals surface area contributed by atoms with E-state index in [1.807, 2.05) is 20.8 Å². The smallest absolute Gasteiger partial charge is 0.118 e. The number of benzene rings is 2. The molecule has 2 aromatic carbocycles. The standard InChI is InChI=1S/C15H16N2O2/c1-9-6-12(4-5-14(9)19)16-17-15-10(2)7-13(18)8-11(15)3/h4-8,18-19H,1-3H3/b17-16+. The summed E-state index contributed by atoms with van der Waals surface area (Å²) in [5.41, 5.74) is 3.94. The highest BCUT2D eigenvalue weighted by molar-refractivity contribution is 5.55. The lowest BCUT2D eigenvalue weighted by atomic mass is 10.1. The number of aromatic hydroxyl groups is 2. The lowest BCUT2D eigenvalue weighted by molar-refractivity contribution is 0.471. The molecule has 98 valence electrons. The molecular formula is C15H16N2O2. The highest BCUT2D eigenvalue weighted by Gasteiger charge is 2.04. The average molecular weight is 256 g/mol. The van der Waals surface area contributed by atoms with Crippen LogP contribution >= 0.6 is 0 Å². The Hall–Kier alpha value is -2.36. The van der Waals surface area contributed by atoms with E-state index in [1.54, 1.807) is 30.3 Å². The van der Waals surface area contributed by atoms with Crippen LogP contribution in [0.25, 0.3) is 0 Å². The summed E-state index contributed by atoms with van der Waals surface area (Å²) in [6.45, 7) is 5.57. The normalized spacial score (nSPS) is 11.1. The van der Waals surface area contributed by atoms with Crippen molar-refractivity contribution in [2.24, 2.45) is 10.2 Å². The molecule has 0 aliphatic carbocycles. The van der Waals surface area contributed by atoms with Gasteiger partial charge in [0.25, 0.3) is 0 Å². The van der Waals surface area contributed by atoms with Crippen LogP contribution in [0.3, 0.4) is 0 Å². The molecule has 0 radical (unpaired) electrons. The van der Waals surface area contributed by atoms with Crippen LogP contribution in [0, 0.1) is 20.8 Å². The summed E-state index contributed by atoms with van der Waals surface area (Å²) in [5, 5.41) is 27.3. The van der Waals surface area contributed by atoms with Crippen molar-refractivity contribution in [2.45, 2.75) is 20.8 Å². The highest BCUT2D eigenvalue weighted by atomic mass is 16.3. The molecule has 4 heteroatoms. The van der Waals surface area contributed by atoms with Crippen LogP contribution in [0.4, 0.5) is 11.4 Å². The maximum atomic E-state index is 9.47. The first-order valence-corrected chi connectivity index (χ1v) is 5.99. The summed E-state index contributed by atoms with van der Waals surface area (Å²) in [6.07, 6.45) is 0. The van der Waals surface area contributed by atoms with Gasteiger partial charge in [0.2, 0.25) is 0 Å². The van der Waals surface area contributed by atoms with Crippen molar-refractivity contribution < 1.29 is 10.2 Å². The van der Waals surface area contributed by atoms with E-state index in [0.717, 1.165) is 22.4 Å². The van der Waals surface area contributed by atoms with E-state index in [-0.39, 0.29) is 11.5 Å². The first-order chi connectivity index (χ1) is 8.97. The molecule has 0 unspecified atom stereocenters. The molecule has 0 bridgehead atoms. The summed E-state index contributed by atoms with van der Waals surface area (Å²) >= 11 is 0. The van der Waals surface area contributed by atoms with Crippen LogP contribution in [-0.4, -0.2) is 10.2 Å². The minimum absolute atomic E-state index is 0.231. The molecule has 0 aliphatic rings. The fourth-order valence-electron chi connectivity index (χ4n) is 1.90. The molecule has 0 aromatic heterocycles. The second-order valence-electron chi connectivity index (χ2n) is 4.60. The number of rotatable bonds is 2. The van der Waals surface area contributed by atoms with Crippen molar-refractivity contribution in [2.75, 3.05) is 0 Å². The average Bonchev–Trinajstić information content (AvgIpc) is 2.32. The van der Waals surface area contributed by atoms with Gasteiger partial charge in [-0.3, -0.25) is 0 Å². The van der Waals surface area contributed by atoms with Gasteiger partial charge in [-0.15, -0.1) is 0 Å². The summed E-state index contributed by atoms with van der Waals surface area (Å²) in [4.78, 5) is 0. The van der Waals surface area contributed by atoms with Gasteiger partial charge in [-0.25, -0.2) is 0 Å². The van der Waals surface area contributed by atoms with Crippen molar-refractivity contribution >= 4 is 11.4 Å². The number of hydrogen-bond acceptors (Lipinski definition) is 4. The van der Waals surface area contributed by atoms with E-state index in [1.165, 1.54) is 0 Å². The summed E-state index contributed by atoms with van der Waals surface area (Å²) < 4.78 is 0. The Morgan fingerprint density at radius 2 is 1.42 bits per heavy atom. The van der Waals surface area contributed by atoms with Crippen molar-refractivity contribution in [3.8, 4) is 11.5 Å². The molecule has 0 atom stereocenters. The number of phenolic OH excluding ortho intramolecular Hbond substituents is 2. The number of hydrogen-bond donors (Lipinski definition) is 2. The Balaban J connectivity index is 2.35. The molecule has 0 amide bonds. The van der Waals surface area contributed by atoms with Gasteiger partial charge < -0.3 is 10.2 Å². The fraction of sp³-hybridized carbons (Fsp3) is 0.200. The second kappa shape index (κ2) is 5.10. The largest absolute Gasteiger partial charge is 0.508 e. The van der Waals surface area contributed by atoms with E-state index in [2.05, 4.69) is 10.2 Å². The second-order valence-corrected chi connectivity index (χ2v) is 4.60. The van der Waals surface area contributed by atoms with Crippen LogP contribution < -0.4 is 0 Å². The third-order valence-electron chi connectivity index (χ3n) is 2.92. The van der Waals surface area contributed by atoms with E-state index in [0.29, 0.717) is 5.69 Å². The zero-order valence-electron chi connectivity index (χ0n) is 11.2. The van der Waals surface area contributed by atoms with Crippen molar-refractivity contribution in [1.82, 2.24) is 0 Å². The van der Waals surface area contributed by atoms with Gasteiger partial charge in [0, 0.05) is 0 Å². The molecule has 0 heterocycles. The van der Waals surface area contributed by atoms with Gasteiger partial charge in [-0.05, 0) is 67.8 Å². The summed E-state index contributed by atoms with van der Waals surface area (Å²) in [7, 11) is 0. The van der Waals surface area contributed by atoms with E-state index < -0.39 is 0 Å². The van der Waals surface area contributed by atoms with Crippen LogP contribution in [0.15, 0.2) is 40.6 Å². The Morgan fingerprint density at radius 1 is 0.789 bits per heavy atom. The maximum absolute atomic E-state index is 9.47. The van der Waals surface area contributed by atoms with Crippen molar-refractivity contribution in [3.05, 3.63) is 47.0 Å². The van der Waals surface area contributed by atoms with E-state index in [4.69, 9.17) is 0 Å². The Morgan fingerprint density at radius 3 is 2.00 bits per heavy atom. The predicted octanol–water partition coefficient (Wildman–Crippen LogP) is 4.44. The van der Waals surface area contributed by atoms with E-state index >= 15 is 0 Å². The monoisotopic (exact) mass is 256 g/mol. The van der Waals surface area contributed by atoms with Gasteiger partial charge in [-0.2, -0.15) is 10.2 Å². The minimum Gasteiger partial charge on any atom is -0.508 e. The third kappa shape index (κ3) is 2.91. The van der Waals surface area contributed by atoms with Crippen LogP contribution in [-0.2, 0) is 0 Å².